The number of unbranched alkanes of at least 4 members (excludes halogenated alkanes) is 9. The lowest BCUT2D eigenvalue weighted by atomic mass is 10.00. The van der Waals surface area contributed by atoms with Crippen molar-refractivity contribution in [2.45, 2.75) is 109 Å². The molecule has 192 valence electrons. The highest BCUT2D eigenvalue weighted by Crippen LogP contribution is 2.51. The molecular weight excluding hydrogens is 454 g/mol. The van der Waals surface area contributed by atoms with Crippen LogP contribution in [0.15, 0.2) is 18.2 Å². The molecule has 0 spiro atoms. The van der Waals surface area contributed by atoms with Gasteiger partial charge in [-0.25, -0.2) is 8.78 Å². The van der Waals surface area contributed by atoms with E-state index in [-0.39, 0.29) is 30.2 Å². The fourth-order valence-electron chi connectivity index (χ4n) is 3.66. The first kappa shape index (κ1) is 29.5. The number of halogens is 8. The van der Waals surface area contributed by atoms with Crippen LogP contribution >= 0.6 is 0 Å². The topological polar surface area (TPSA) is 3.24 Å². The van der Waals surface area contributed by atoms with E-state index in [1.54, 1.807) is 6.92 Å². The summed E-state index contributed by atoms with van der Waals surface area (Å²) in [6.45, 7) is 3.04. The summed E-state index contributed by atoms with van der Waals surface area (Å²) in [5.74, 6) is -13.4. The van der Waals surface area contributed by atoms with Gasteiger partial charge in [0.05, 0.1) is 5.69 Å². The Kier molecular flexibility index (Phi) is 12.0. The molecule has 0 unspecified atom stereocenters. The molecule has 0 amide bonds. The maximum absolute atomic E-state index is 15.0. The van der Waals surface area contributed by atoms with Gasteiger partial charge in [0, 0.05) is 19.0 Å². The van der Waals surface area contributed by atoms with Crippen LogP contribution in [0, 0.1) is 11.6 Å². The summed E-state index contributed by atoms with van der Waals surface area (Å²) in [6.07, 6.45) is 4.41. The smallest absolute Gasteiger partial charge is 0.305 e. The zero-order valence-corrected chi connectivity index (χ0v) is 19.4. The molecule has 0 N–H and O–H groups in total. The van der Waals surface area contributed by atoms with Gasteiger partial charge >= 0.3 is 17.9 Å². The van der Waals surface area contributed by atoms with E-state index in [1.165, 1.54) is 0 Å². The van der Waals surface area contributed by atoms with Gasteiger partial charge in [-0.2, -0.15) is 26.3 Å². The van der Waals surface area contributed by atoms with Crippen molar-refractivity contribution >= 4 is 5.69 Å². The minimum Gasteiger partial charge on any atom is -0.305 e. The average molecular weight is 490 g/mol. The van der Waals surface area contributed by atoms with E-state index in [0.29, 0.717) is 37.8 Å². The van der Waals surface area contributed by atoms with Crippen molar-refractivity contribution in [2.75, 3.05) is 11.4 Å². The molecular formula is C24H35F8N. The number of benzene rings is 1. The number of nitrogens with zero attached hydrogens (tertiary/aromatic N) is 1. The highest BCUT2D eigenvalue weighted by atomic mass is 19.3. The molecule has 0 aliphatic heterocycles. The Balaban J connectivity index is 3.09. The third-order valence-electron chi connectivity index (χ3n) is 5.71. The number of hydrogen-bond donors (Lipinski definition) is 0. The summed E-state index contributed by atoms with van der Waals surface area (Å²) in [4.78, 5) is -0.326. The second-order valence-corrected chi connectivity index (χ2v) is 8.50. The van der Waals surface area contributed by atoms with Crippen molar-refractivity contribution in [2.24, 2.45) is 0 Å². The summed E-state index contributed by atoms with van der Waals surface area (Å²) >= 11 is 0. The van der Waals surface area contributed by atoms with Gasteiger partial charge in [0.15, 0.2) is 0 Å². The summed E-state index contributed by atoms with van der Waals surface area (Å²) in [7, 11) is 0. The third kappa shape index (κ3) is 8.02. The molecule has 0 aromatic heterocycles. The van der Waals surface area contributed by atoms with Gasteiger partial charge in [0.2, 0.25) is 0 Å². The van der Waals surface area contributed by atoms with Crippen molar-refractivity contribution < 1.29 is 35.1 Å². The first-order valence-corrected chi connectivity index (χ1v) is 11.8. The lowest BCUT2D eigenvalue weighted by molar-refractivity contribution is -0.310. The molecule has 0 atom stereocenters. The quantitative estimate of drug-likeness (QED) is 0.120. The zero-order valence-electron chi connectivity index (χ0n) is 19.4. The van der Waals surface area contributed by atoms with Crippen LogP contribution in [0.5, 0.6) is 0 Å². The Hall–Kier alpha value is -1.54. The standard InChI is InChI=1S/C24H35F8N/c1-3-5-7-9-10-11-13-17-33(21-15-14-19(25)18-20(21)26)24(31,32)23(29,30)22(27,28)16-12-8-6-4-2/h14-15,18H,3-13,16-17H2,1-2H3. The molecule has 1 nitrogen and oxygen atoms in total. The molecule has 0 saturated heterocycles. The monoisotopic (exact) mass is 489 g/mol. The van der Waals surface area contributed by atoms with Crippen LogP contribution in [0.3, 0.4) is 0 Å². The van der Waals surface area contributed by atoms with Crippen LogP contribution in [0.25, 0.3) is 0 Å². The van der Waals surface area contributed by atoms with Crippen molar-refractivity contribution in [1.29, 1.82) is 0 Å². The fraction of sp³-hybridized carbons (Fsp3) is 0.750. The molecule has 0 bridgehead atoms. The van der Waals surface area contributed by atoms with Crippen LogP contribution in [0.2, 0.25) is 0 Å². The Morgan fingerprint density at radius 1 is 0.697 bits per heavy atom. The average Bonchev–Trinajstić information content (AvgIpc) is 2.73. The fourth-order valence-corrected chi connectivity index (χ4v) is 3.66. The lowest BCUT2D eigenvalue weighted by Crippen LogP contribution is -2.63. The first-order valence-electron chi connectivity index (χ1n) is 11.8. The first-order chi connectivity index (χ1) is 15.4. The van der Waals surface area contributed by atoms with Gasteiger partial charge in [-0.1, -0.05) is 71.6 Å². The Morgan fingerprint density at radius 2 is 1.21 bits per heavy atom. The minimum atomic E-state index is -5.76. The largest absolute Gasteiger partial charge is 0.395 e. The van der Waals surface area contributed by atoms with E-state index >= 15 is 8.78 Å². The van der Waals surface area contributed by atoms with E-state index < -0.39 is 48.2 Å². The third-order valence-corrected chi connectivity index (χ3v) is 5.71. The van der Waals surface area contributed by atoms with Crippen LogP contribution in [-0.2, 0) is 0 Å². The van der Waals surface area contributed by atoms with Crippen LogP contribution < -0.4 is 4.90 Å². The molecule has 0 aliphatic rings. The molecule has 9 heteroatoms. The Bertz CT molecular complexity index is 693. The van der Waals surface area contributed by atoms with Crippen molar-refractivity contribution in [3.05, 3.63) is 29.8 Å². The molecule has 0 radical (unpaired) electrons. The van der Waals surface area contributed by atoms with E-state index in [0.717, 1.165) is 25.7 Å². The van der Waals surface area contributed by atoms with Crippen molar-refractivity contribution in [1.82, 2.24) is 0 Å². The maximum atomic E-state index is 15.0. The van der Waals surface area contributed by atoms with Crippen LogP contribution in [0.4, 0.5) is 40.8 Å². The van der Waals surface area contributed by atoms with E-state index in [1.807, 2.05) is 6.92 Å². The molecule has 0 aliphatic carbocycles. The summed E-state index contributed by atoms with van der Waals surface area (Å²) in [5, 5.41) is 0. The predicted octanol–water partition coefficient (Wildman–Crippen LogP) is 9.36. The molecule has 33 heavy (non-hydrogen) atoms. The number of alkyl halides is 6. The van der Waals surface area contributed by atoms with Gasteiger partial charge in [-0.3, -0.25) is 0 Å². The summed E-state index contributed by atoms with van der Waals surface area (Å²) in [6, 6.07) is -3.91. The van der Waals surface area contributed by atoms with Crippen molar-refractivity contribution in [3.8, 4) is 0 Å². The maximum Gasteiger partial charge on any atom is 0.395 e. The van der Waals surface area contributed by atoms with Gasteiger partial charge in [0.1, 0.15) is 11.6 Å². The van der Waals surface area contributed by atoms with Gasteiger partial charge < -0.3 is 4.90 Å². The highest BCUT2D eigenvalue weighted by molar-refractivity contribution is 5.50. The molecule has 0 heterocycles. The number of anilines is 1. The number of hydrogen-bond acceptors (Lipinski definition) is 1. The van der Waals surface area contributed by atoms with E-state index in [9.17, 15) is 26.3 Å². The second-order valence-electron chi connectivity index (χ2n) is 8.50. The van der Waals surface area contributed by atoms with E-state index in [4.69, 9.17) is 0 Å². The minimum absolute atomic E-state index is 0.0311. The normalized spacial score (nSPS) is 12.9. The summed E-state index contributed by atoms with van der Waals surface area (Å²) < 4.78 is 115. The summed E-state index contributed by atoms with van der Waals surface area (Å²) in [5.41, 5.74) is -1.03. The zero-order chi connectivity index (χ0) is 25.1. The lowest BCUT2D eigenvalue weighted by Gasteiger charge is -2.40. The van der Waals surface area contributed by atoms with Gasteiger partial charge in [0.25, 0.3) is 0 Å². The molecule has 1 rings (SSSR count). The van der Waals surface area contributed by atoms with Crippen LogP contribution in [0.1, 0.15) is 90.9 Å². The second kappa shape index (κ2) is 13.4. The Labute approximate surface area is 191 Å². The SMILES string of the molecule is CCCCCCCCCN(c1ccc(F)cc1F)C(F)(F)C(F)(F)C(F)(F)CCCCCC. The molecule has 1 aromatic carbocycles. The van der Waals surface area contributed by atoms with Crippen molar-refractivity contribution in [3.63, 3.8) is 0 Å². The Morgan fingerprint density at radius 3 is 1.76 bits per heavy atom. The van der Waals surface area contributed by atoms with Gasteiger partial charge in [-0.15, -0.1) is 0 Å². The van der Waals surface area contributed by atoms with Gasteiger partial charge in [-0.05, 0) is 25.0 Å². The van der Waals surface area contributed by atoms with E-state index in [2.05, 4.69) is 0 Å². The highest BCUT2D eigenvalue weighted by Gasteiger charge is 2.73. The predicted molar refractivity (Wildman–Crippen MR) is 115 cm³/mol. The molecule has 0 saturated carbocycles. The number of rotatable bonds is 17. The van der Waals surface area contributed by atoms with Crippen LogP contribution in [-0.4, -0.2) is 24.4 Å². The molecule has 1 aromatic rings. The molecule has 0 fully saturated rings.